The predicted molar refractivity (Wildman–Crippen MR) is 109 cm³/mol. The van der Waals surface area contributed by atoms with Crippen molar-refractivity contribution in [3.8, 4) is 11.3 Å². The number of carboxylic acid groups (broad SMARTS) is 1. The van der Waals surface area contributed by atoms with Crippen LogP contribution in [0.3, 0.4) is 0 Å². The van der Waals surface area contributed by atoms with E-state index in [0.29, 0.717) is 22.8 Å². The van der Waals surface area contributed by atoms with Crippen LogP contribution < -0.4 is 10.4 Å². The Kier molecular flexibility index (Phi) is 4.77. The third-order valence-electron chi connectivity index (χ3n) is 4.28. The molecule has 0 radical (unpaired) electrons. The van der Waals surface area contributed by atoms with E-state index in [2.05, 4.69) is 21.4 Å². The van der Waals surface area contributed by atoms with Crippen LogP contribution in [0.2, 0.25) is 0 Å². The van der Waals surface area contributed by atoms with Gasteiger partial charge in [-0.1, -0.05) is 28.1 Å². The first-order valence-electron chi connectivity index (χ1n) is 8.48. The Morgan fingerprint density at radius 2 is 1.83 bits per heavy atom. The van der Waals surface area contributed by atoms with Gasteiger partial charge in [0.2, 0.25) is 0 Å². The van der Waals surface area contributed by atoms with E-state index >= 15 is 0 Å². The molecule has 2 amide bonds. The quantitative estimate of drug-likeness (QED) is 0.462. The summed E-state index contributed by atoms with van der Waals surface area (Å²) in [6, 6.07) is 16.5. The molecule has 1 saturated heterocycles. The Balaban J connectivity index is 1.61. The van der Waals surface area contributed by atoms with Gasteiger partial charge in [0.25, 0.3) is 11.8 Å². The van der Waals surface area contributed by atoms with Gasteiger partial charge in [-0.15, -0.1) is 0 Å². The minimum atomic E-state index is -1.04. The minimum Gasteiger partial charge on any atom is -0.478 e. The summed E-state index contributed by atoms with van der Waals surface area (Å²) in [7, 11) is 0. The molecule has 1 fully saturated rings. The molecule has 0 spiro atoms. The first kappa shape index (κ1) is 18.7. The summed E-state index contributed by atoms with van der Waals surface area (Å²) in [4.78, 5) is 36.1. The number of hydrogen-bond donors (Lipinski definition) is 2. The van der Waals surface area contributed by atoms with E-state index in [1.54, 1.807) is 48.5 Å². The van der Waals surface area contributed by atoms with Crippen LogP contribution >= 0.6 is 15.9 Å². The number of hydrogen-bond acceptors (Lipinski definition) is 4. The first-order chi connectivity index (χ1) is 13.9. The molecule has 0 saturated carbocycles. The number of carbonyl (C=O) groups is 3. The van der Waals surface area contributed by atoms with Gasteiger partial charge in [-0.2, -0.15) is 0 Å². The zero-order valence-corrected chi connectivity index (χ0v) is 16.3. The molecule has 0 unspecified atom stereocenters. The van der Waals surface area contributed by atoms with Crippen molar-refractivity contribution < 1.29 is 23.9 Å². The van der Waals surface area contributed by atoms with Gasteiger partial charge in [0, 0.05) is 10.0 Å². The molecule has 3 aromatic rings. The highest BCUT2D eigenvalue weighted by molar-refractivity contribution is 9.10. The molecule has 1 aliphatic rings. The van der Waals surface area contributed by atoms with Crippen molar-refractivity contribution >= 4 is 45.5 Å². The third-order valence-corrected chi connectivity index (χ3v) is 4.81. The van der Waals surface area contributed by atoms with Gasteiger partial charge >= 0.3 is 5.97 Å². The van der Waals surface area contributed by atoms with E-state index < -0.39 is 17.8 Å². The SMILES string of the molecule is O=C1NN(c2ccc(Br)cc2)C(=O)C1=Cc1ccc(-c2cccc(C(=O)O)c2)o1. The van der Waals surface area contributed by atoms with Crippen LogP contribution in [0.15, 0.2) is 75.1 Å². The molecule has 1 aromatic heterocycles. The van der Waals surface area contributed by atoms with Crippen LogP contribution in [-0.2, 0) is 9.59 Å². The number of aromatic carboxylic acids is 1. The molecule has 0 aliphatic carbocycles. The Morgan fingerprint density at radius 3 is 2.55 bits per heavy atom. The van der Waals surface area contributed by atoms with Crippen LogP contribution in [0.1, 0.15) is 16.1 Å². The third kappa shape index (κ3) is 3.70. The van der Waals surface area contributed by atoms with Gasteiger partial charge in [-0.05, 0) is 54.6 Å². The normalized spacial score (nSPS) is 15.1. The van der Waals surface area contributed by atoms with Crippen molar-refractivity contribution in [2.24, 2.45) is 0 Å². The van der Waals surface area contributed by atoms with E-state index in [0.717, 1.165) is 4.47 Å². The lowest BCUT2D eigenvalue weighted by Crippen LogP contribution is -2.35. The maximum Gasteiger partial charge on any atom is 0.335 e. The number of carbonyl (C=O) groups excluding carboxylic acids is 2. The van der Waals surface area contributed by atoms with Gasteiger partial charge < -0.3 is 9.52 Å². The molecule has 0 bridgehead atoms. The standard InChI is InChI=1S/C21H13BrN2O5/c22-14-4-6-15(7-5-14)24-20(26)17(19(25)23-24)11-16-8-9-18(29-16)12-2-1-3-13(10-12)21(27)28/h1-11H,(H,23,25)(H,27,28). The highest BCUT2D eigenvalue weighted by Gasteiger charge is 2.34. The maximum atomic E-state index is 12.7. The molecular formula is C21H13BrN2O5. The monoisotopic (exact) mass is 452 g/mol. The number of rotatable bonds is 4. The zero-order chi connectivity index (χ0) is 20.5. The number of nitrogens with zero attached hydrogens (tertiary/aromatic N) is 1. The molecule has 29 heavy (non-hydrogen) atoms. The average molecular weight is 453 g/mol. The fraction of sp³-hybridized carbons (Fsp3) is 0. The largest absolute Gasteiger partial charge is 0.478 e. The highest BCUT2D eigenvalue weighted by atomic mass is 79.9. The van der Waals surface area contributed by atoms with Crippen molar-refractivity contribution in [3.63, 3.8) is 0 Å². The molecule has 2 heterocycles. The second-order valence-electron chi connectivity index (χ2n) is 6.20. The Bertz CT molecular complexity index is 1160. The fourth-order valence-electron chi connectivity index (χ4n) is 2.86. The minimum absolute atomic E-state index is 0.0619. The lowest BCUT2D eigenvalue weighted by Gasteiger charge is -2.14. The molecule has 7 nitrogen and oxygen atoms in total. The number of anilines is 1. The topological polar surface area (TPSA) is 99.9 Å². The fourth-order valence-corrected chi connectivity index (χ4v) is 3.13. The summed E-state index contributed by atoms with van der Waals surface area (Å²) in [6.45, 7) is 0. The number of benzene rings is 2. The maximum absolute atomic E-state index is 12.7. The molecule has 0 atom stereocenters. The molecule has 8 heteroatoms. The summed E-state index contributed by atoms with van der Waals surface area (Å²) in [5.41, 5.74) is 3.70. The summed E-state index contributed by atoms with van der Waals surface area (Å²) in [5.74, 6) is -1.35. The summed E-state index contributed by atoms with van der Waals surface area (Å²) >= 11 is 3.32. The highest BCUT2D eigenvalue weighted by Crippen LogP contribution is 2.27. The summed E-state index contributed by atoms with van der Waals surface area (Å²) < 4.78 is 6.55. The van der Waals surface area contributed by atoms with E-state index in [-0.39, 0.29) is 11.1 Å². The second-order valence-corrected chi connectivity index (χ2v) is 7.12. The predicted octanol–water partition coefficient (Wildman–Crippen LogP) is 3.87. The second kappa shape index (κ2) is 7.40. The van der Waals surface area contributed by atoms with Crippen LogP contribution in [-0.4, -0.2) is 22.9 Å². The Labute approximate surface area is 173 Å². The van der Waals surface area contributed by atoms with Gasteiger partial charge in [-0.3, -0.25) is 15.0 Å². The smallest absolute Gasteiger partial charge is 0.335 e. The average Bonchev–Trinajstić information content (AvgIpc) is 3.29. The molecule has 4 rings (SSSR count). The number of nitrogens with one attached hydrogen (secondary N) is 1. The number of amides is 2. The van der Waals surface area contributed by atoms with Crippen LogP contribution in [0.25, 0.3) is 17.4 Å². The van der Waals surface area contributed by atoms with Crippen molar-refractivity contribution in [2.75, 3.05) is 5.01 Å². The van der Waals surface area contributed by atoms with Gasteiger partial charge in [0.15, 0.2) is 0 Å². The van der Waals surface area contributed by atoms with E-state index in [9.17, 15) is 14.4 Å². The molecule has 2 aromatic carbocycles. The number of furan rings is 1. The van der Waals surface area contributed by atoms with Crippen molar-refractivity contribution in [1.82, 2.24) is 5.43 Å². The number of carboxylic acids is 1. The van der Waals surface area contributed by atoms with Crippen LogP contribution in [0.5, 0.6) is 0 Å². The van der Waals surface area contributed by atoms with Gasteiger partial charge in [-0.25, -0.2) is 9.80 Å². The van der Waals surface area contributed by atoms with Crippen molar-refractivity contribution in [3.05, 3.63) is 82.0 Å². The van der Waals surface area contributed by atoms with E-state index in [4.69, 9.17) is 9.52 Å². The zero-order valence-electron chi connectivity index (χ0n) is 14.8. The van der Waals surface area contributed by atoms with Crippen molar-refractivity contribution in [2.45, 2.75) is 0 Å². The van der Waals surface area contributed by atoms with Crippen LogP contribution in [0, 0.1) is 0 Å². The van der Waals surface area contributed by atoms with E-state index in [1.165, 1.54) is 23.2 Å². The summed E-state index contributed by atoms with van der Waals surface area (Å²) in [5, 5.41) is 10.3. The van der Waals surface area contributed by atoms with Gasteiger partial charge in [0.05, 0.1) is 11.3 Å². The molecule has 2 N–H and O–H groups in total. The molecule has 144 valence electrons. The Hall–Kier alpha value is -3.65. The molecule has 1 aliphatic heterocycles. The number of halogens is 1. The van der Waals surface area contributed by atoms with Gasteiger partial charge in [0.1, 0.15) is 17.1 Å². The number of hydrazine groups is 1. The van der Waals surface area contributed by atoms with Crippen LogP contribution in [0.4, 0.5) is 5.69 Å². The molecular weight excluding hydrogens is 440 g/mol. The lowest BCUT2D eigenvalue weighted by molar-refractivity contribution is -0.117. The first-order valence-corrected chi connectivity index (χ1v) is 9.28. The Morgan fingerprint density at radius 1 is 1.07 bits per heavy atom. The van der Waals surface area contributed by atoms with E-state index in [1.807, 2.05) is 0 Å². The summed E-state index contributed by atoms with van der Waals surface area (Å²) in [6.07, 6.45) is 1.36. The van der Waals surface area contributed by atoms with Crippen molar-refractivity contribution in [1.29, 1.82) is 0 Å². The lowest BCUT2D eigenvalue weighted by atomic mass is 10.1.